The van der Waals surface area contributed by atoms with Gasteiger partial charge >= 0.3 is 0 Å². The van der Waals surface area contributed by atoms with Crippen LogP contribution < -0.4 is 9.69 Å². The predicted octanol–water partition coefficient (Wildman–Crippen LogP) is 3.94. The van der Waals surface area contributed by atoms with Crippen molar-refractivity contribution in [3.63, 3.8) is 0 Å². The van der Waals surface area contributed by atoms with Crippen LogP contribution >= 0.6 is 0 Å². The Morgan fingerprint density at radius 2 is 0.958 bits per heavy atom. The summed E-state index contributed by atoms with van der Waals surface area (Å²) in [4.78, 5) is 1.66. The third-order valence-corrected chi connectivity index (χ3v) is 9.36. The van der Waals surface area contributed by atoms with E-state index in [2.05, 4.69) is 10.2 Å². The van der Waals surface area contributed by atoms with E-state index in [0.29, 0.717) is 32.2 Å². The van der Waals surface area contributed by atoms with Crippen molar-refractivity contribution in [3.8, 4) is 33.9 Å². The van der Waals surface area contributed by atoms with Crippen molar-refractivity contribution in [3.05, 3.63) is 130 Å². The normalized spacial score (nSPS) is 12.2. The molecule has 6 aromatic rings. The van der Waals surface area contributed by atoms with Crippen LogP contribution in [-0.4, -0.2) is 45.7 Å². The molecule has 0 unspecified atom stereocenters. The highest BCUT2D eigenvalue weighted by Crippen LogP contribution is 2.27. The summed E-state index contributed by atoms with van der Waals surface area (Å²) in [6, 6.07) is 25.3. The van der Waals surface area contributed by atoms with Gasteiger partial charge in [0.05, 0.1) is 10.2 Å². The lowest BCUT2D eigenvalue weighted by Gasteiger charge is -2.09. The standard InChI is InChI=1S/C32H26N6O8S2/c1-21-31(25-9-5-3-6-10-25)33-35(37(21)39)27-17-15-23(29(19-27)47(41,42)43)13-14-24-16-18-28(20-30(24)48(44,45)46)36-34-32(22(2)38(36)40)26-11-7-4-8-12-26/h3-20H,1-2H3,(H,41,42,43)(H,44,45,46)/b14-13+. The van der Waals surface area contributed by atoms with E-state index in [1.54, 1.807) is 62.4 Å². The largest absolute Gasteiger partial charge is 0.692 e. The highest BCUT2D eigenvalue weighted by atomic mass is 32.2. The van der Waals surface area contributed by atoms with Crippen molar-refractivity contribution in [2.24, 2.45) is 0 Å². The van der Waals surface area contributed by atoms with Gasteiger partial charge in [-0.1, -0.05) is 84.9 Å². The summed E-state index contributed by atoms with van der Waals surface area (Å²) in [6.45, 7) is 3.12. The molecule has 0 radical (unpaired) electrons. The molecular weight excluding hydrogens is 661 g/mol. The molecule has 0 amide bonds. The third-order valence-electron chi connectivity index (χ3n) is 7.54. The molecule has 2 aromatic heterocycles. The fourth-order valence-corrected chi connectivity index (χ4v) is 6.54. The highest BCUT2D eigenvalue weighted by Gasteiger charge is 2.26. The van der Waals surface area contributed by atoms with Crippen LogP contribution in [-0.2, 0) is 20.2 Å². The molecule has 0 aliphatic rings. The molecule has 0 bridgehead atoms. The van der Waals surface area contributed by atoms with Crippen LogP contribution in [0.15, 0.2) is 107 Å². The Hall–Kier alpha value is -5.68. The predicted molar refractivity (Wildman–Crippen MR) is 174 cm³/mol. The van der Waals surface area contributed by atoms with E-state index >= 15 is 0 Å². The minimum Gasteiger partial charge on any atom is -0.692 e. The summed E-state index contributed by atoms with van der Waals surface area (Å²) in [5, 5.41) is 34.6. The molecule has 0 aliphatic heterocycles. The first-order chi connectivity index (χ1) is 22.7. The number of rotatable bonds is 8. The van der Waals surface area contributed by atoms with Gasteiger partial charge in [0.2, 0.25) is 0 Å². The molecule has 14 nitrogen and oxygen atoms in total. The SMILES string of the molecule is Cc1c(-c2ccccc2)nn(-c2ccc(/C=C/c3ccc(-n4nc(-c5ccccc5)c(C)[n+]4[O-])cc3S(=O)(=O)O)c(S(=O)(=O)O)c2)[n+]1[O-]. The summed E-state index contributed by atoms with van der Waals surface area (Å²) in [7, 11) is -9.74. The van der Waals surface area contributed by atoms with Gasteiger partial charge in [0.25, 0.3) is 31.6 Å². The second-order valence-corrected chi connectivity index (χ2v) is 13.4. The Morgan fingerprint density at radius 1 is 0.604 bits per heavy atom. The molecular formula is C32H26N6O8S2. The zero-order valence-electron chi connectivity index (χ0n) is 25.2. The van der Waals surface area contributed by atoms with Gasteiger partial charge in [-0.05, 0) is 45.0 Å². The minimum absolute atomic E-state index is 0.0262. The van der Waals surface area contributed by atoms with Gasteiger partial charge < -0.3 is 10.4 Å². The first-order valence-electron chi connectivity index (χ1n) is 14.2. The Kier molecular flexibility index (Phi) is 8.18. The zero-order valence-corrected chi connectivity index (χ0v) is 26.9. The monoisotopic (exact) mass is 686 g/mol. The number of nitrogens with zero attached hydrogens (tertiary/aromatic N) is 6. The zero-order chi connectivity index (χ0) is 34.4. The summed E-state index contributed by atoms with van der Waals surface area (Å²) in [6.07, 6.45) is 2.43. The average Bonchev–Trinajstić information content (AvgIpc) is 3.53. The molecule has 244 valence electrons. The summed E-state index contributed by atoms with van der Waals surface area (Å²) < 4.78 is 69.9. The maximum atomic E-state index is 13.0. The third kappa shape index (κ3) is 6.07. The topological polar surface area (TPSA) is 198 Å². The van der Waals surface area contributed by atoms with Gasteiger partial charge in [0.15, 0.2) is 11.4 Å². The lowest BCUT2D eigenvalue weighted by molar-refractivity contribution is -0.694. The van der Waals surface area contributed by atoms with Crippen LogP contribution in [0, 0.1) is 24.3 Å². The van der Waals surface area contributed by atoms with Crippen molar-refractivity contribution in [2.75, 3.05) is 0 Å². The van der Waals surface area contributed by atoms with Gasteiger partial charge in [-0.15, -0.1) is 9.69 Å². The summed E-state index contributed by atoms with van der Waals surface area (Å²) in [5.41, 5.74) is 2.49. The molecule has 0 atom stereocenters. The van der Waals surface area contributed by atoms with Crippen LogP contribution in [0.25, 0.3) is 46.0 Å². The Morgan fingerprint density at radius 3 is 1.29 bits per heavy atom. The number of hydrogen-bond acceptors (Lipinski definition) is 8. The van der Waals surface area contributed by atoms with Crippen LogP contribution in [0.2, 0.25) is 0 Å². The highest BCUT2D eigenvalue weighted by molar-refractivity contribution is 7.86. The molecule has 0 fully saturated rings. The van der Waals surface area contributed by atoms with Crippen LogP contribution in [0.3, 0.4) is 0 Å². The van der Waals surface area contributed by atoms with E-state index in [9.17, 15) is 36.4 Å². The Balaban J connectivity index is 1.40. The van der Waals surface area contributed by atoms with Gasteiger partial charge in [-0.2, -0.15) is 16.8 Å². The fraction of sp³-hybridized carbons (Fsp3) is 0.0625. The molecule has 0 aliphatic carbocycles. The van der Waals surface area contributed by atoms with Gasteiger partial charge in [-0.3, -0.25) is 9.11 Å². The first kappa shape index (κ1) is 32.3. The molecule has 2 heterocycles. The smallest absolute Gasteiger partial charge is 0.295 e. The molecule has 6 rings (SSSR count). The molecule has 48 heavy (non-hydrogen) atoms. The van der Waals surface area contributed by atoms with Crippen LogP contribution in [0.5, 0.6) is 0 Å². The van der Waals surface area contributed by atoms with Crippen molar-refractivity contribution in [1.29, 1.82) is 0 Å². The second kappa shape index (κ2) is 12.2. The van der Waals surface area contributed by atoms with Crippen LogP contribution in [0.4, 0.5) is 0 Å². The molecule has 2 N–H and O–H groups in total. The maximum absolute atomic E-state index is 13.0. The van der Waals surface area contributed by atoms with E-state index in [0.717, 1.165) is 21.7 Å². The molecule has 16 heteroatoms. The van der Waals surface area contributed by atoms with Gasteiger partial charge in [0.1, 0.15) is 21.2 Å². The maximum Gasteiger partial charge on any atom is 0.295 e. The van der Waals surface area contributed by atoms with E-state index in [-0.39, 0.29) is 33.9 Å². The molecule has 4 aromatic carbocycles. The van der Waals surface area contributed by atoms with E-state index in [1.165, 1.54) is 36.4 Å². The van der Waals surface area contributed by atoms with Gasteiger partial charge in [-0.25, -0.2) is 0 Å². The van der Waals surface area contributed by atoms with Crippen molar-refractivity contribution in [2.45, 2.75) is 23.6 Å². The van der Waals surface area contributed by atoms with Crippen molar-refractivity contribution in [1.82, 2.24) is 19.8 Å². The molecule has 0 spiro atoms. The van der Waals surface area contributed by atoms with E-state index in [1.807, 2.05) is 12.1 Å². The average molecular weight is 687 g/mol. The summed E-state index contributed by atoms with van der Waals surface area (Å²) >= 11 is 0. The number of aromatic nitrogens is 6. The number of hydrogen-bond donors (Lipinski definition) is 2. The lowest BCUT2D eigenvalue weighted by Crippen LogP contribution is -2.39. The minimum atomic E-state index is -4.87. The van der Waals surface area contributed by atoms with E-state index < -0.39 is 30.0 Å². The van der Waals surface area contributed by atoms with E-state index in [4.69, 9.17) is 0 Å². The second-order valence-electron chi connectivity index (χ2n) is 10.7. The first-order valence-corrected chi connectivity index (χ1v) is 17.0. The lowest BCUT2D eigenvalue weighted by atomic mass is 10.1. The molecule has 0 saturated heterocycles. The van der Waals surface area contributed by atoms with Gasteiger partial charge in [0, 0.05) is 25.0 Å². The Labute approximate surface area is 274 Å². The Bertz CT molecular complexity index is 2270. The molecule has 0 saturated carbocycles. The number of benzene rings is 4. The van der Waals surface area contributed by atoms with Crippen molar-refractivity contribution >= 4 is 32.4 Å². The van der Waals surface area contributed by atoms with Crippen LogP contribution in [0.1, 0.15) is 22.5 Å². The van der Waals surface area contributed by atoms with Crippen molar-refractivity contribution < 1.29 is 35.6 Å². The summed E-state index contributed by atoms with van der Waals surface area (Å²) in [5.74, 6) is 0. The fourth-order valence-electron chi connectivity index (χ4n) is 5.13. The quantitative estimate of drug-likeness (QED) is 0.102.